The van der Waals surface area contributed by atoms with Gasteiger partial charge in [0.05, 0.1) is 7.11 Å². The first-order valence-electron chi connectivity index (χ1n) is 10.6. The number of nitrogens with one attached hydrogen (secondary N) is 2. The van der Waals surface area contributed by atoms with Crippen molar-refractivity contribution < 1.29 is 18.4 Å². The summed E-state index contributed by atoms with van der Waals surface area (Å²) in [5, 5.41) is 21.5. The van der Waals surface area contributed by atoms with Gasteiger partial charge in [-0.25, -0.2) is 18.6 Å². The molecule has 2 amide bonds. The average molecular weight is 502 g/mol. The zero-order valence-corrected chi connectivity index (χ0v) is 20.3. The third-order valence-corrected chi connectivity index (χ3v) is 6.74. The molecule has 2 aromatic carbocycles. The summed E-state index contributed by atoms with van der Waals surface area (Å²) in [6.45, 7) is 0.419. The Morgan fingerprint density at radius 3 is 2.71 bits per heavy atom. The van der Waals surface area contributed by atoms with Crippen LogP contribution in [0, 0.1) is 23.1 Å². The van der Waals surface area contributed by atoms with Crippen molar-refractivity contribution in [2.24, 2.45) is 10.1 Å². The van der Waals surface area contributed by atoms with Gasteiger partial charge in [-0.3, -0.25) is 4.84 Å². The summed E-state index contributed by atoms with van der Waals surface area (Å²) in [5.41, 5.74) is 0.709. The fraction of sp³-hybridized carbons (Fsp3) is 0.304. The van der Waals surface area contributed by atoms with Gasteiger partial charge >= 0.3 is 6.03 Å². The first kappa shape index (κ1) is 25.9. The van der Waals surface area contributed by atoms with E-state index in [-0.39, 0.29) is 10.6 Å². The Morgan fingerprint density at radius 2 is 2.06 bits per heavy atom. The molecule has 12 heteroatoms. The van der Waals surface area contributed by atoms with Crippen molar-refractivity contribution in [3.05, 3.63) is 71.3 Å². The lowest BCUT2D eigenvalue weighted by Gasteiger charge is -2.37. The van der Waals surface area contributed by atoms with Crippen LogP contribution in [0.5, 0.6) is 0 Å². The molecule has 3 rings (SSSR count). The van der Waals surface area contributed by atoms with E-state index in [0.29, 0.717) is 25.3 Å². The van der Waals surface area contributed by atoms with Crippen LogP contribution >= 0.6 is 11.8 Å². The van der Waals surface area contributed by atoms with E-state index < -0.39 is 22.5 Å². The lowest BCUT2D eigenvalue weighted by Crippen LogP contribution is -2.47. The highest BCUT2D eigenvalue weighted by molar-refractivity contribution is 8.15. The average Bonchev–Trinajstić information content (AvgIpc) is 3.27. The molecule has 0 saturated carbocycles. The Kier molecular flexibility index (Phi) is 8.62. The van der Waals surface area contributed by atoms with E-state index in [1.54, 1.807) is 13.2 Å². The number of rotatable bonds is 7. The molecule has 0 bridgehead atoms. The predicted octanol–water partition coefficient (Wildman–Crippen LogP) is 3.57. The number of carbonyl (C=O) groups excluding carboxylic acids is 1. The number of urea groups is 1. The topological polar surface area (TPSA) is 105 Å². The van der Waals surface area contributed by atoms with Crippen LogP contribution in [-0.4, -0.2) is 54.9 Å². The number of aliphatic imine (C=N–C) groups is 1. The third kappa shape index (κ3) is 5.70. The van der Waals surface area contributed by atoms with Crippen LogP contribution in [0.1, 0.15) is 24.0 Å². The second-order valence-corrected chi connectivity index (χ2v) is 8.66. The van der Waals surface area contributed by atoms with Crippen LogP contribution in [-0.2, 0) is 9.71 Å². The number of guanidine groups is 1. The van der Waals surface area contributed by atoms with Crippen molar-refractivity contribution >= 4 is 28.8 Å². The predicted molar refractivity (Wildman–Crippen MR) is 130 cm³/mol. The molecule has 0 fully saturated rings. The van der Waals surface area contributed by atoms with Crippen molar-refractivity contribution in [1.82, 2.24) is 20.7 Å². The largest absolute Gasteiger partial charge is 0.365 e. The number of hydrazone groups is 1. The molecule has 0 saturated heterocycles. The van der Waals surface area contributed by atoms with Gasteiger partial charge in [-0.05, 0) is 36.6 Å². The maximum atomic E-state index is 14.7. The van der Waals surface area contributed by atoms with Gasteiger partial charge in [-0.1, -0.05) is 42.1 Å². The highest BCUT2D eigenvalue weighted by Gasteiger charge is 2.49. The normalized spacial score (nSPS) is 17.5. The van der Waals surface area contributed by atoms with E-state index in [0.717, 1.165) is 28.8 Å². The van der Waals surface area contributed by atoms with Crippen molar-refractivity contribution in [2.45, 2.75) is 17.7 Å². The van der Waals surface area contributed by atoms with E-state index in [1.807, 2.05) is 30.3 Å². The Bertz CT molecular complexity index is 1160. The summed E-state index contributed by atoms with van der Waals surface area (Å²) in [6, 6.07) is 11.7. The molecular weight excluding hydrogens is 476 g/mol. The molecule has 1 atom stereocenters. The van der Waals surface area contributed by atoms with E-state index in [4.69, 9.17) is 10.1 Å². The number of carbonyl (C=O) groups is 1. The lowest BCUT2D eigenvalue weighted by molar-refractivity contribution is -0.0805. The number of hydrogen-bond donors (Lipinski definition) is 2. The summed E-state index contributed by atoms with van der Waals surface area (Å²) in [5.74, 6) is -0.956. The summed E-state index contributed by atoms with van der Waals surface area (Å²) >= 11 is 1.17. The Labute approximate surface area is 206 Å². The van der Waals surface area contributed by atoms with Gasteiger partial charge in [0, 0.05) is 26.2 Å². The second-order valence-electron chi connectivity index (χ2n) is 7.40. The van der Waals surface area contributed by atoms with Crippen LogP contribution in [0.4, 0.5) is 13.6 Å². The van der Waals surface area contributed by atoms with Gasteiger partial charge in [-0.15, -0.1) is 4.99 Å². The molecule has 0 aromatic heterocycles. The number of hydroxylamine groups is 2. The summed E-state index contributed by atoms with van der Waals surface area (Å²) in [6.07, 6.45) is 2.61. The van der Waals surface area contributed by atoms with Gasteiger partial charge in [0.1, 0.15) is 21.5 Å². The molecular formula is C23H25F2N7O2S. The summed E-state index contributed by atoms with van der Waals surface area (Å²) in [7, 11) is 4.42. The van der Waals surface area contributed by atoms with Gasteiger partial charge in [0.2, 0.25) is 12.2 Å². The van der Waals surface area contributed by atoms with Gasteiger partial charge in [-0.2, -0.15) is 15.4 Å². The maximum absolute atomic E-state index is 14.7. The first-order valence-corrected chi connectivity index (χ1v) is 11.5. The molecule has 0 radical (unpaired) electrons. The monoisotopic (exact) mass is 501 g/mol. The second kappa shape index (κ2) is 11.6. The molecule has 9 nitrogen and oxygen atoms in total. The number of nitriles is 1. The molecule has 1 aliphatic heterocycles. The lowest BCUT2D eigenvalue weighted by atomic mass is 10.0. The minimum absolute atomic E-state index is 0.0394. The smallest absolute Gasteiger partial charge is 0.359 e. The molecule has 1 aliphatic rings. The molecule has 1 unspecified atom stereocenters. The fourth-order valence-electron chi connectivity index (χ4n) is 3.52. The third-order valence-electron chi connectivity index (χ3n) is 5.29. The van der Waals surface area contributed by atoms with Gasteiger partial charge < -0.3 is 10.6 Å². The molecule has 2 N–H and O–H groups in total. The zero-order chi connectivity index (χ0) is 25.4. The van der Waals surface area contributed by atoms with Crippen LogP contribution in [0.3, 0.4) is 0 Å². The van der Waals surface area contributed by atoms with E-state index in [9.17, 15) is 13.6 Å². The molecule has 184 valence electrons. The summed E-state index contributed by atoms with van der Waals surface area (Å²) < 4.78 is 28.7. The molecule has 2 aromatic rings. The standard InChI is InChI=1S/C23H25F2N7O2S/c1-27-21(29-15-26)28-13-7-12-23(16-8-5-4-6-9-16)32(22(33)31(2)34-3)30-20(35-23)18-14-17(24)10-11-19(18)25/h4-6,8-11,14H,7,12-13H2,1-3H3,(H2,27,28,29). The molecule has 35 heavy (non-hydrogen) atoms. The Morgan fingerprint density at radius 1 is 1.31 bits per heavy atom. The minimum Gasteiger partial charge on any atom is -0.359 e. The van der Waals surface area contributed by atoms with E-state index in [2.05, 4.69) is 20.7 Å². The van der Waals surface area contributed by atoms with E-state index in [1.165, 1.54) is 30.9 Å². The Hall–Kier alpha value is -3.69. The van der Waals surface area contributed by atoms with Crippen molar-refractivity contribution in [3.8, 4) is 6.19 Å². The summed E-state index contributed by atoms with van der Waals surface area (Å²) in [4.78, 5) is 21.0. The van der Waals surface area contributed by atoms with Gasteiger partial charge in [0.25, 0.3) is 0 Å². The first-order chi connectivity index (χ1) is 16.9. The number of nitrogens with zero attached hydrogens (tertiary/aromatic N) is 5. The van der Waals surface area contributed by atoms with Gasteiger partial charge in [0.15, 0.2) is 0 Å². The quantitative estimate of drug-likeness (QED) is 0.198. The van der Waals surface area contributed by atoms with Crippen molar-refractivity contribution in [1.29, 1.82) is 5.26 Å². The van der Waals surface area contributed by atoms with Crippen LogP contribution in [0.25, 0.3) is 0 Å². The number of benzene rings is 2. The van der Waals surface area contributed by atoms with E-state index >= 15 is 0 Å². The highest BCUT2D eigenvalue weighted by atomic mass is 32.2. The maximum Gasteiger partial charge on any atom is 0.365 e. The van der Waals surface area contributed by atoms with Crippen molar-refractivity contribution in [2.75, 3.05) is 27.7 Å². The number of halogens is 2. The Balaban J connectivity index is 2.02. The number of thioether (sulfide) groups is 1. The fourth-order valence-corrected chi connectivity index (χ4v) is 4.94. The van der Waals surface area contributed by atoms with Crippen LogP contribution < -0.4 is 10.6 Å². The molecule has 0 aliphatic carbocycles. The highest BCUT2D eigenvalue weighted by Crippen LogP contribution is 2.50. The number of hydrogen-bond acceptors (Lipinski definition) is 6. The van der Waals surface area contributed by atoms with Crippen LogP contribution in [0.2, 0.25) is 0 Å². The van der Waals surface area contributed by atoms with Crippen molar-refractivity contribution in [3.63, 3.8) is 0 Å². The number of amides is 2. The molecule has 1 heterocycles. The SMILES string of the molecule is CN/C(=N/C#N)NCCCC1(c2ccccc2)SC(c2cc(F)ccc2F)=NN1C(=O)N(C)OC. The minimum atomic E-state index is -1.08. The molecule has 0 spiro atoms. The van der Waals surface area contributed by atoms with Crippen LogP contribution in [0.15, 0.2) is 58.6 Å². The zero-order valence-electron chi connectivity index (χ0n) is 19.5.